The maximum Gasteiger partial charge on any atom is 0.251 e. The lowest BCUT2D eigenvalue weighted by Crippen LogP contribution is -2.42. The van der Waals surface area contributed by atoms with Gasteiger partial charge in [0.25, 0.3) is 5.91 Å². The van der Waals surface area contributed by atoms with E-state index in [-0.39, 0.29) is 5.91 Å². The maximum absolute atomic E-state index is 11.5. The lowest BCUT2D eigenvalue weighted by atomic mass is 10.2. The summed E-state index contributed by atoms with van der Waals surface area (Å²) in [7, 11) is 0. The Labute approximate surface area is 101 Å². The van der Waals surface area contributed by atoms with Crippen molar-refractivity contribution in [2.45, 2.75) is 13.0 Å². The first kappa shape index (κ1) is 12.0. The topological polar surface area (TPSA) is 72.2 Å². The molecule has 0 saturated heterocycles. The summed E-state index contributed by atoms with van der Waals surface area (Å²) < 4.78 is 1.05. The van der Waals surface area contributed by atoms with Crippen LogP contribution in [-0.2, 0) is 4.79 Å². The van der Waals surface area contributed by atoms with Crippen LogP contribution in [0.4, 0.5) is 0 Å². The van der Waals surface area contributed by atoms with Gasteiger partial charge in [-0.15, -0.1) is 0 Å². The summed E-state index contributed by atoms with van der Waals surface area (Å²) in [6, 6.07) is 6.39. The molecule has 0 saturated carbocycles. The van der Waals surface area contributed by atoms with E-state index in [1.165, 1.54) is 0 Å². The van der Waals surface area contributed by atoms with Crippen LogP contribution >= 0.6 is 22.6 Å². The molecule has 1 atom stereocenters. The summed E-state index contributed by atoms with van der Waals surface area (Å²) in [6.07, 6.45) is 0. The fourth-order valence-electron chi connectivity index (χ4n) is 0.952. The van der Waals surface area contributed by atoms with E-state index >= 15 is 0 Å². The Hall–Kier alpha value is -1.11. The molecule has 0 fully saturated rings. The summed E-state index contributed by atoms with van der Waals surface area (Å²) in [6.45, 7) is 1.55. The van der Waals surface area contributed by atoms with Crippen LogP contribution in [0, 0.1) is 3.57 Å². The van der Waals surface area contributed by atoms with Crippen molar-refractivity contribution in [3.05, 3.63) is 33.4 Å². The first-order chi connectivity index (χ1) is 7.00. The van der Waals surface area contributed by atoms with Gasteiger partial charge in [0, 0.05) is 9.13 Å². The predicted molar refractivity (Wildman–Crippen MR) is 65.3 cm³/mol. The van der Waals surface area contributed by atoms with Crippen LogP contribution in [0.15, 0.2) is 24.3 Å². The number of amides is 2. The van der Waals surface area contributed by atoms with Crippen LogP contribution < -0.4 is 11.1 Å². The molecule has 4 nitrogen and oxygen atoms in total. The third kappa shape index (κ3) is 3.50. The van der Waals surface area contributed by atoms with E-state index in [2.05, 4.69) is 27.9 Å². The monoisotopic (exact) mass is 318 g/mol. The number of hydrogen-bond donors (Lipinski definition) is 2. The predicted octanol–water partition coefficient (Wildman–Crippen LogP) is 0.895. The Morgan fingerprint density at radius 2 is 1.87 bits per heavy atom. The van der Waals surface area contributed by atoms with Gasteiger partial charge in [-0.1, -0.05) is 0 Å². The number of carbonyl (C=O) groups is 2. The highest BCUT2D eigenvalue weighted by molar-refractivity contribution is 14.1. The van der Waals surface area contributed by atoms with Gasteiger partial charge in [-0.25, -0.2) is 0 Å². The van der Waals surface area contributed by atoms with Crippen LogP contribution in [-0.4, -0.2) is 17.9 Å². The Bertz CT molecular complexity index is 376. The van der Waals surface area contributed by atoms with Crippen molar-refractivity contribution in [2.75, 3.05) is 0 Å². The zero-order valence-electron chi connectivity index (χ0n) is 8.16. The van der Waals surface area contributed by atoms with E-state index < -0.39 is 11.9 Å². The smallest absolute Gasteiger partial charge is 0.251 e. The zero-order chi connectivity index (χ0) is 11.4. The first-order valence-corrected chi connectivity index (χ1v) is 5.44. The van der Waals surface area contributed by atoms with Gasteiger partial charge in [0.1, 0.15) is 6.04 Å². The molecule has 1 rings (SSSR count). The highest BCUT2D eigenvalue weighted by atomic mass is 127. The highest BCUT2D eigenvalue weighted by Crippen LogP contribution is 2.06. The summed E-state index contributed by atoms with van der Waals surface area (Å²) in [4.78, 5) is 22.3. The second-order valence-electron chi connectivity index (χ2n) is 3.10. The average Bonchev–Trinajstić information content (AvgIpc) is 2.18. The van der Waals surface area contributed by atoms with Crippen molar-refractivity contribution in [2.24, 2.45) is 5.73 Å². The highest BCUT2D eigenvalue weighted by Gasteiger charge is 2.13. The van der Waals surface area contributed by atoms with E-state index in [0.29, 0.717) is 5.56 Å². The number of halogens is 1. The molecule has 0 heterocycles. The Morgan fingerprint density at radius 3 is 2.33 bits per heavy atom. The van der Waals surface area contributed by atoms with Gasteiger partial charge in [-0.05, 0) is 53.8 Å². The fraction of sp³-hybridized carbons (Fsp3) is 0.200. The van der Waals surface area contributed by atoms with Gasteiger partial charge in [0.2, 0.25) is 5.91 Å². The van der Waals surface area contributed by atoms with Gasteiger partial charge in [-0.2, -0.15) is 0 Å². The molecule has 0 aliphatic carbocycles. The molecule has 0 spiro atoms. The number of carbonyl (C=O) groups excluding carboxylic acids is 2. The number of benzene rings is 1. The normalized spacial score (nSPS) is 11.9. The minimum absolute atomic E-state index is 0.294. The molecule has 3 N–H and O–H groups in total. The second kappa shape index (κ2) is 5.11. The van der Waals surface area contributed by atoms with Crippen LogP contribution in [0.2, 0.25) is 0 Å². The lowest BCUT2D eigenvalue weighted by Gasteiger charge is -2.09. The number of primary amides is 1. The number of rotatable bonds is 3. The van der Waals surface area contributed by atoms with Gasteiger partial charge in [0.15, 0.2) is 0 Å². The third-order valence-corrected chi connectivity index (χ3v) is 2.60. The van der Waals surface area contributed by atoms with E-state index in [1.807, 2.05) is 12.1 Å². The second-order valence-corrected chi connectivity index (χ2v) is 4.35. The molecular formula is C10H11IN2O2. The van der Waals surface area contributed by atoms with Crippen LogP contribution in [0.5, 0.6) is 0 Å². The molecule has 80 valence electrons. The van der Waals surface area contributed by atoms with Crippen molar-refractivity contribution in [3.63, 3.8) is 0 Å². The molecule has 1 unspecified atom stereocenters. The van der Waals surface area contributed by atoms with Crippen molar-refractivity contribution in [1.82, 2.24) is 5.32 Å². The van der Waals surface area contributed by atoms with Gasteiger partial charge in [-0.3, -0.25) is 9.59 Å². The molecule has 1 aromatic rings. The summed E-state index contributed by atoms with van der Waals surface area (Å²) >= 11 is 2.15. The average molecular weight is 318 g/mol. The third-order valence-electron chi connectivity index (χ3n) is 1.88. The fourth-order valence-corrected chi connectivity index (χ4v) is 1.31. The molecule has 0 aliphatic rings. The van der Waals surface area contributed by atoms with E-state index in [9.17, 15) is 9.59 Å². The number of nitrogens with one attached hydrogen (secondary N) is 1. The zero-order valence-corrected chi connectivity index (χ0v) is 10.3. The quantitative estimate of drug-likeness (QED) is 0.813. The van der Waals surface area contributed by atoms with Crippen molar-refractivity contribution >= 4 is 34.4 Å². The molecule has 2 amide bonds. The minimum Gasteiger partial charge on any atom is -0.368 e. The maximum atomic E-state index is 11.5. The molecule has 0 aromatic heterocycles. The summed E-state index contributed by atoms with van der Waals surface area (Å²) in [5, 5.41) is 2.50. The molecule has 0 radical (unpaired) electrons. The van der Waals surface area contributed by atoms with E-state index in [1.54, 1.807) is 19.1 Å². The lowest BCUT2D eigenvalue weighted by molar-refractivity contribution is -0.119. The Kier molecular flexibility index (Phi) is 4.07. The number of nitrogens with two attached hydrogens (primary N) is 1. The van der Waals surface area contributed by atoms with E-state index in [4.69, 9.17) is 5.73 Å². The molecule has 15 heavy (non-hydrogen) atoms. The summed E-state index contributed by atoms with van der Waals surface area (Å²) in [5.74, 6) is -0.841. The Morgan fingerprint density at radius 1 is 1.33 bits per heavy atom. The first-order valence-electron chi connectivity index (χ1n) is 4.36. The minimum atomic E-state index is -0.656. The molecular weight excluding hydrogens is 307 g/mol. The van der Waals surface area contributed by atoms with Gasteiger partial charge < -0.3 is 11.1 Å². The molecule has 1 aromatic carbocycles. The van der Waals surface area contributed by atoms with Crippen molar-refractivity contribution < 1.29 is 9.59 Å². The van der Waals surface area contributed by atoms with Gasteiger partial charge >= 0.3 is 0 Å². The SMILES string of the molecule is CC(NC(=O)c1ccc(I)cc1)C(N)=O. The van der Waals surface area contributed by atoms with Gasteiger partial charge in [0.05, 0.1) is 0 Å². The molecule has 0 aliphatic heterocycles. The van der Waals surface area contributed by atoms with E-state index in [0.717, 1.165) is 3.57 Å². The van der Waals surface area contributed by atoms with Crippen LogP contribution in [0.25, 0.3) is 0 Å². The summed E-state index contributed by atoms with van der Waals surface area (Å²) in [5.41, 5.74) is 5.55. The van der Waals surface area contributed by atoms with Crippen molar-refractivity contribution in [3.8, 4) is 0 Å². The van der Waals surface area contributed by atoms with Crippen LogP contribution in [0.3, 0.4) is 0 Å². The Balaban J connectivity index is 2.69. The van der Waals surface area contributed by atoms with Crippen LogP contribution in [0.1, 0.15) is 17.3 Å². The van der Waals surface area contributed by atoms with Crippen molar-refractivity contribution in [1.29, 1.82) is 0 Å². The molecule has 5 heteroatoms. The largest absolute Gasteiger partial charge is 0.368 e. The number of hydrogen-bond acceptors (Lipinski definition) is 2. The molecule has 0 bridgehead atoms. The standard InChI is InChI=1S/C10H11IN2O2/c1-6(9(12)14)13-10(15)7-2-4-8(11)5-3-7/h2-6H,1H3,(H2,12,14)(H,13,15).